The molecule has 0 amide bonds. The van der Waals surface area contributed by atoms with E-state index in [1.165, 1.54) is 19.2 Å². The van der Waals surface area contributed by atoms with Gasteiger partial charge in [0, 0.05) is 18.2 Å². The highest BCUT2D eigenvalue weighted by Gasteiger charge is 2.21. The Morgan fingerprint density at radius 3 is 2.56 bits per heavy atom. The number of hydrogen-bond acceptors (Lipinski definition) is 4. The number of halogens is 1. The Hall–Kier alpha value is -0.820. The molecule has 1 rings (SSSR count). The van der Waals surface area contributed by atoms with Gasteiger partial charge in [0.25, 0.3) is 0 Å². The second-order valence-corrected chi connectivity index (χ2v) is 6.75. The monoisotopic (exact) mass is 292 g/mol. The number of ether oxygens (including phenoxy) is 1. The van der Waals surface area contributed by atoms with Gasteiger partial charge in [0.05, 0.1) is 12.1 Å². The molecule has 7 heteroatoms. The Labute approximate surface area is 112 Å². The molecular formula is C11H17ClN2O3S. The summed E-state index contributed by atoms with van der Waals surface area (Å²) in [6.45, 7) is 3.56. The third-order valence-electron chi connectivity index (χ3n) is 2.15. The number of nitrogens with one attached hydrogen (secondary N) is 1. The van der Waals surface area contributed by atoms with Crippen LogP contribution in [0.25, 0.3) is 0 Å². The summed E-state index contributed by atoms with van der Waals surface area (Å²) < 4.78 is 31.5. The Bertz CT molecular complexity index is 524. The minimum atomic E-state index is -3.70. The molecule has 0 saturated carbocycles. The number of hydrogen-bond donors (Lipinski definition) is 2. The molecule has 5 nitrogen and oxygen atoms in total. The van der Waals surface area contributed by atoms with Crippen LogP contribution in [0.4, 0.5) is 0 Å². The van der Waals surface area contributed by atoms with Gasteiger partial charge in [0.2, 0.25) is 10.0 Å². The van der Waals surface area contributed by atoms with Crippen molar-refractivity contribution in [2.45, 2.75) is 24.3 Å². The molecule has 0 aliphatic carbocycles. The smallest absolute Gasteiger partial charge is 0.242 e. The first-order chi connectivity index (χ1) is 8.15. The molecule has 0 spiro atoms. The van der Waals surface area contributed by atoms with Crippen LogP contribution in [0.5, 0.6) is 5.75 Å². The van der Waals surface area contributed by atoms with Gasteiger partial charge in [-0.15, -0.1) is 0 Å². The van der Waals surface area contributed by atoms with Gasteiger partial charge in [0.1, 0.15) is 10.6 Å². The topological polar surface area (TPSA) is 81.4 Å². The first-order valence-corrected chi connectivity index (χ1v) is 7.14. The summed E-state index contributed by atoms with van der Waals surface area (Å²) in [7, 11) is -2.24. The maximum Gasteiger partial charge on any atom is 0.242 e. The number of methoxy groups -OCH3 is 1. The average molecular weight is 293 g/mol. The highest BCUT2D eigenvalue weighted by Crippen LogP contribution is 2.25. The fourth-order valence-corrected chi connectivity index (χ4v) is 2.91. The van der Waals surface area contributed by atoms with Gasteiger partial charge < -0.3 is 10.5 Å². The Kier molecular flexibility index (Phi) is 4.61. The maximum absolute atomic E-state index is 12.1. The van der Waals surface area contributed by atoms with E-state index in [1.807, 2.05) is 0 Å². The van der Waals surface area contributed by atoms with Crippen LogP contribution in [-0.4, -0.2) is 27.6 Å². The molecule has 0 atom stereocenters. The molecule has 0 fully saturated rings. The van der Waals surface area contributed by atoms with Crippen LogP contribution in [0, 0.1) is 0 Å². The van der Waals surface area contributed by atoms with Crippen LogP contribution in [0.3, 0.4) is 0 Å². The van der Waals surface area contributed by atoms with Gasteiger partial charge in [0.15, 0.2) is 0 Å². The van der Waals surface area contributed by atoms with Gasteiger partial charge in [-0.1, -0.05) is 11.6 Å². The summed E-state index contributed by atoms with van der Waals surface area (Å²) in [5.41, 5.74) is 5.09. The molecule has 0 bridgehead atoms. The van der Waals surface area contributed by atoms with E-state index in [2.05, 4.69) is 4.72 Å². The summed E-state index contributed by atoms with van der Waals surface area (Å²) in [6, 6.07) is 4.44. The Morgan fingerprint density at radius 2 is 2.06 bits per heavy atom. The SMILES string of the molecule is COc1ccc(Cl)c(S(=O)(=O)NCC(C)(C)N)c1. The van der Waals surface area contributed by atoms with E-state index in [0.29, 0.717) is 5.75 Å². The molecule has 0 aliphatic rings. The number of rotatable bonds is 5. The highest BCUT2D eigenvalue weighted by atomic mass is 35.5. The van der Waals surface area contributed by atoms with Gasteiger partial charge in [-0.3, -0.25) is 0 Å². The first kappa shape index (κ1) is 15.2. The van der Waals surface area contributed by atoms with Crippen LogP contribution < -0.4 is 15.2 Å². The van der Waals surface area contributed by atoms with Crippen molar-refractivity contribution >= 4 is 21.6 Å². The van der Waals surface area contributed by atoms with E-state index in [-0.39, 0.29) is 16.5 Å². The van der Waals surface area contributed by atoms with Crippen molar-refractivity contribution in [2.75, 3.05) is 13.7 Å². The molecule has 18 heavy (non-hydrogen) atoms. The van der Waals surface area contributed by atoms with Gasteiger partial charge in [-0.05, 0) is 26.0 Å². The average Bonchev–Trinajstić information content (AvgIpc) is 2.26. The molecule has 1 aromatic carbocycles. The van der Waals surface area contributed by atoms with E-state index < -0.39 is 15.6 Å². The van der Waals surface area contributed by atoms with E-state index >= 15 is 0 Å². The zero-order valence-electron chi connectivity index (χ0n) is 10.5. The fraction of sp³-hybridized carbons (Fsp3) is 0.455. The van der Waals surface area contributed by atoms with Gasteiger partial charge >= 0.3 is 0 Å². The predicted octanol–water partition coefficient (Wildman–Crippen LogP) is 1.36. The molecule has 0 radical (unpaired) electrons. The molecule has 0 saturated heterocycles. The van der Waals surface area contributed by atoms with Crippen LogP contribution in [0.15, 0.2) is 23.1 Å². The Balaban J connectivity index is 3.05. The maximum atomic E-state index is 12.1. The second-order valence-electron chi connectivity index (χ2n) is 4.61. The standard InChI is InChI=1S/C11H17ClN2O3S/c1-11(2,13)7-14-18(15,16)10-6-8(17-3)4-5-9(10)12/h4-6,14H,7,13H2,1-3H3. The van der Waals surface area contributed by atoms with Crippen molar-refractivity contribution < 1.29 is 13.2 Å². The van der Waals surface area contributed by atoms with Crippen LogP contribution in [0.2, 0.25) is 5.02 Å². The number of benzene rings is 1. The van der Waals surface area contributed by atoms with Crippen LogP contribution in [0.1, 0.15) is 13.8 Å². The number of sulfonamides is 1. The number of nitrogens with two attached hydrogens (primary N) is 1. The molecule has 0 heterocycles. The zero-order valence-corrected chi connectivity index (χ0v) is 12.1. The molecule has 0 unspecified atom stereocenters. The van der Waals surface area contributed by atoms with Crippen molar-refractivity contribution in [2.24, 2.45) is 5.73 Å². The molecule has 102 valence electrons. The largest absolute Gasteiger partial charge is 0.497 e. The van der Waals surface area contributed by atoms with Crippen molar-refractivity contribution in [1.29, 1.82) is 0 Å². The van der Waals surface area contributed by atoms with E-state index in [0.717, 1.165) is 0 Å². The summed E-state index contributed by atoms with van der Waals surface area (Å²) in [5, 5.41) is 0.137. The molecule has 0 aromatic heterocycles. The Morgan fingerprint density at radius 1 is 1.44 bits per heavy atom. The van der Waals surface area contributed by atoms with E-state index in [4.69, 9.17) is 22.1 Å². The third-order valence-corrected chi connectivity index (χ3v) is 4.03. The summed E-state index contributed by atoms with van der Waals surface area (Å²) in [4.78, 5) is -0.0206. The first-order valence-electron chi connectivity index (χ1n) is 5.28. The molecule has 0 aliphatic heterocycles. The predicted molar refractivity (Wildman–Crippen MR) is 71.5 cm³/mol. The minimum absolute atomic E-state index is 0.0206. The summed E-state index contributed by atoms with van der Waals surface area (Å²) >= 11 is 5.88. The van der Waals surface area contributed by atoms with E-state index in [1.54, 1.807) is 19.9 Å². The molecule has 1 aromatic rings. The van der Waals surface area contributed by atoms with Crippen molar-refractivity contribution in [3.05, 3.63) is 23.2 Å². The van der Waals surface area contributed by atoms with E-state index in [9.17, 15) is 8.42 Å². The lowest BCUT2D eigenvalue weighted by molar-refractivity contribution is 0.413. The van der Waals surface area contributed by atoms with Crippen LogP contribution in [-0.2, 0) is 10.0 Å². The fourth-order valence-electron chi connectivity index (χ4n) is 1.18. The van der Waals surface area contributed by atoms with Crippen molar-refractivity contribution in [3.63, 3.8) is 0 Å². The summed E-state index contributed by atoms with van der Waals surface area (Å²) in [6.07, 6.45) is 0. The normalized spacial score (nSPS) is 12.5. The highest BCUT2D eigenvalue weighted by molar-refractivity contribution is 7.89. The molecule has 3 N–H and O–H groups in total. The van der Waals surface area contributed by atoms with Crippen molar-refractivity contribution in [3.8, 4) is 5.75 Å². The quantitative estimate of drug-likeness (QED) is 0.859. The molecular weight excluding hydrogens is 276 g/mol. The van der Waals surface area contributed by atoms with Crippen LogP contribution >= 0.6 is 11.6 Å². The summed E-state index contributed by atoms with van der Waals surface area (Å²) in [5.74, 6) is 0.423. The third kappa shape index (κ3) is 4.13. The second kappa shape index (κ2) is 5.44. The lowest BCUT2D eigenvalue weighted by Gasteiger charge is -2.19. The lowest BCUT2D eigenvalue weighted by Crippen LogP contribution is -2.45. The van der Waals surface area contributed by atoms with Crippen molar-refractivity contribution in [1.82, 2.24) is 4.72 Å². The zero-order chi connectivity index (χ0) is 14.0. The minimum Gasteiger partial charge on any atom is -0.497 e. The lowest BCUT2D eigenvalue weighted by atomic mass is 10.1. The van der Waals surface area contributed by atoms with Gasteiger partial charge in [-0.2, -0.15) is 0 Å². The van der Waals surface area contributed by atoms with Gasteiger partial charge in [-0.25, -0.2) is 13.1 Å².